The molecule has 0 fully saturated rings. The summed E-state index contributed by atoms with van der Waals surface area (Å²) in [5.41, 5.74) is 5.08. The zero-order chi connectivity index (χ0) is 15.1. The molecule has 0 saturated heterocycles. The second kappa shape index (κ2) is 7.19. The van der Waals surface area contributed by atoms with Crippen LogP contribution in [0.4, 0.5) is 0 Å². The second-order valence-corrected chi connectivity index (χ2v) is 4.56. The Morgan fingerprint density at radius 1 is 1.24 bits per heavy atom. The van der Waals surface area contributed by atoms with Gasteiger partial charge >= 0.3 is 0 Å². The standard InChI is InChI=1S/C16H17N3O2/c1-12-6-5-7-13(2)16(12)21-11-15(20)19-18-10-14-8-3-4-9-17-14/h3-10H,11H2,1-2H3,(H,19,20)/b18-10+. The number of pyridine rings is 1. The number of carbonyl (C=O) groups excluding carboxylic acids is 1. The third kappa shape index (κ3) is 4.42. The molecule has 0 atom stereocenters. The number of benzene rings is 1. The summed E-state index contributed by atoms with van der Waals surface area (Å²) in [6, 6.07) is 11.3. The fraction of sp³-hybridized carbons (Fsp3) is 0.188. The van der Waals surface area contributed by atoms with Crippen molar-refractivity contribution in [1.82, 2.24) is 10.4 Å². The van der Waals surface area contributed by atoms with Gasteiger partial charge < -0.3 is 4.74 Å². The molecule has 2 rings (SSSR count). The number of carbonyl (C=O) groups is 1. The summed E-state index contributed by atoms with van der Waals surface area (Å²) in [4.78, 5) is 15.7. The number of hydrogen-bond acceptors (Lipinski definition) is 4. The van der Waals surface area contributed by atoms with Crippen molar-refractivity contribution in [2.75, 3.05) is 6.61 Å². The Labute approximate surface area is 123 Å². The first-order valence-electron chi connectivity index (χ1n) is 6.59. The number of hydrogen-bond donors (Lipinski definition) is 1. The lowest BCUT2D eigenvalue weighted by atomic mass is 10.1. The van der Waals surface area contributed by atoms with Crippen molar-refractivity contribution in [2.24, 2.45) is 5.10 Å². The third-order valence-electron chi connectivity index (χ3n) is 2.83. The van der Waals surface area contributed by atoms with Crippen molar-refractivity contribution in [3.05, 3.63) is 59.4 Å². The molecule has 0 unspecified atom stereocenters. The van der Waals surface area contributed by atoms with E-state index < -0.39 is 0 Å². The van der Waals surface area contributed by atoms with E-state index in [0.717, 1.165) is 16.9 Å². The molecule has 0 saturated carbocycles. The first-order chi connectivity index (χ1) is 10.2. The highest BCUT2D eigenvalue weighted by molar-refractivity contribution is 5.81. The number of aromatic nitrogens is 1. The van der Waals surface area contributed by atoms with Crippen LogP contribution in [0, 0.1) is 13.8 Å². The topological polar surface area (TPSA) is 63.6 Å². The predicted molar refractivity (Wildman–Crippen MR) is 81.4 cm³/mol. The van der Waals surface area contributed by atoms with Crippen molar-refractivity contribution in [1.29, 1.82) is 0 Å². The van der Waals surface area contributed by atoms with E-state index in [4.69, 9.17) is 4.74 Å². The van der Waals surface area contributed by atoms with Gasteiger partial charge in [0, 0.05) is 6.20 Å². The smallest absolute Gasteiger partial charge is 0.277 e. The van der Waals surface area contributed by atoms with Crippen molar-refractivity contribution >= 4 is 12.1 Å². The average molecular weight is 283 g/mol. The predicted octanol–water partition coefficient (Wildman–Crippen LogP) is 2.23. The lowest BCUT2D eigenvalue weighted by Gasteiger charge is -2.10. The van der Waals surface area contributed by atoms with Crippen LogP contribution in [0.5, 0.6) is 5.75 Å². The van der Waals surface area contributed by atoms with Gasteiger partial charge in [0.2, 0.25) is 0 Å². The molecule has 108 valence electrons. The summed E-state index contributed by atoms with van der Waals surface area (Å²) in [5.74, 6) is 0.422. The summed E-state index contributed by atoms with van der Waals surface area (Å²) < 4.78 is 5.53. The van der Waals surface area contributed by atoms with Gasteiger partial charge in [0.1, 0.15) is 5.75 Å². The maximum atomic E-state index is 11.7. The molecule has 21 heavy (non-hydrogen) atoms. The van der Waals surface area contributed by atoms with Crippen molar-refractivity contribution < 1.29 is 9.53 Å². The van der Waals surface area contributed by atoms with Gasteiger partial charge in [-0.3, -0.25) is 9.78 Å². The molecule has 1 amide bonds. The van der Waals surface area contributed by atoms with Crippen LogP contribution in [0.1, 0.15) is 16.8 Å². The third-order valence-corrected chi connectivity index (χ3v) is 2.83. The number of rotatable bonds is 5. The molecule has 0 aliphatic heterocycles. The number of amides is 1. The molecule has 1 aromatic heterocycles. The number of nitrogens with one attached hydrogen (secondary N) is 1. The van der Waals surface area contributed by atoms with Crippen LogP contribution in [-0.4, -0.2) is 23.7 Å². The summed E-state index contributed by atoms with van der Waals surface area (Å²) in [5, 5.41) is 3.83. The van der Waals surface area contributed by atoms with E-state index in [9.17, 15) is 4.79 Å². The molecule has 2 aromatic rings. The van der Waals surface area contributed by atoms with Gasteiger partial charge in [-0.2, -0.15) is 5.10 Å². The van der Waals surface area contributed by atoms with Gasteiger partial charge in [0.15, 0.2) is 6.61 Å². The van der Waals surface area contributed by atoms with Crippen molar-refractivity contribution in [3.63, 3.8) is 0 Å². The number of ether oxygens (including phenoxy) is 1. The van der Waals surface area contributed by atoms with E-state index in [1.54, 1.807) is 12.3 Å². The molecular weight excluding hydrogens is 266 g/mol. The Morgan fingerprint density at radius 3 is 2.67 bits per heavy atom. The van der Waals surface area contributed by atoms with Gasteiger partial charge in [0.25, 0.3) is 5.91 Å². The minimum absolute atomic E-state index is 0.0781. The van der Waals surface area contributed by atoms with E-state index in [1.165, 1.54) is 6.21 Å². The van der Waals surface area contributed by atoms with Crippen LogP contribution in [0.2, 0.25) is 0 Å². The van der Waals surface area contributed by atoms with E-state index >= 15 is 0 Å². The first kappa shape index (κ1) is 14.7. The number of aryl methyl sites for hydroxylation is 2. The zero-order valence-electron chi connectivity index (χ0n) is 12.0. The molecule has 1 heterocycles. The fourth-order valence-corrected chi connectivity index (χ4v) is 1.82. The Morgan fingerprint density at radius 2 is 2.00 bits per heavy atom. The quantitative estimate of drug-likeness (QED) is 0.676. The minimum atomic E-state index is -0.315. The van der Waals surface area contributed by atoms with Crippen LogP contribution in [-0.2, 0) is 4.79 Å². The SMILES string of the molecule is Cc1cccc(C)c1OCC(=O)N/N=C/c1ccccn1. The van der Waals surface area contributed by atoms with Gasteiger partial charge in [-0.1, -0.05) is 24.3 Å². The number of nitrogens with zero attached hydrogens (tertiary/aromatic N) is 2. The van der Waals surface area contributed by atoms with Crippen LogP contribution in [0.3, 0.4) is 0 Å². The largest absolute Gasteiger partial charge is 0.483 e. The monoisotopic (exact) mass is 283 g/mol. The highest BCUT2D eigenvalue weighted by Gasteiger charge is 2.06. The lowest BCUT2D eigenvalue weighted by molar-refractivity contribution is -0.123. The Bertz CT molecular complexity index is 619. The molecule has 0 spiro atoms. The summed E-state index contributed by atoms with van der Waals surface area (Å²) in [6.45, 7) is 3.81. The average Bonchev–Trinajstić information content (AvgIpc) is 2.48. The Kier molecular flexibility index (Phi) is 5.04. The van der Waals surface area contributed by atoms with Gasteiger partial charge in [-0.15, -0.1) is 0 Å². The summed E-state index contributed by atoms with van der Waals surface area (Å²) in [7, 11) is 0. The summed E-state index contributed by atoms with van der Waals surface area (Å²) >= 11 is 0. The molecule has 0 aliphatic carbocycles. The molecule has 1 N–H and O–H groups in total. The van der Waals surface area contributed by atoms with Gasteiger partial charge in [0.05, 0.1) is 11.9 Å². The normalized spacial score (nSPS) is 10.6. The van der Waals surface area contributed by atoms with Gasteiger partial charge in [-0.05, 0) is 37.1 Å². The first-order valence-corrected chi connectivity index (χ1v) is 6.59. The Balaban J connectivity index is 1.84. The second-order valence-electron chi connectivity index (χ2n) is 4.56. The van der Waals surface area contributed by atoms with Gasteiger partial charge in [-0.25, -0.2) is 5.43 Å². The van der Waals surface area contributed by atoms with E-state index in [-0.39, 0.29) is 12.5 Å². The lowest BCUT2D eigenvalue weighted by Crippen LogP contribution is -2.25. The zero-order valence-corrected chi connectivity index (χ0v) is 12.0. The highest BCUT2D eigenvalue weighted by Crippen LogP contribution is 2.21. The molecule has 0 bridgehead atoms. The van der Waals surface area contributed by atoms with Crippen molar-refractivity contribution in [3.8, 4) is 5.75 Å². The molecule has 1 aromatic carbocycles. The van der Waals surface area contributed by atoms with E-state index in [1.807, 2.05) is 44.2 Å². The minimum Gasteiger partial charge on any atom is -0.483 e. The van der Waals surface area contributed by atoms with Crippen LogP contribution >= 0.6 is 0 Å². The highest BCUT2D eigenvalue weighted by atomic mass is 16.5. The molecule has 5 nitrogen and oxygen atoms in total. The molecular formula is C16H17N3O2. The van der Waals surface area contributed by atoms with Crippen molar-refractivity contribution in [2.45, 2.75) is 13.8 Å². The fourth-order valence-electron chi connectivity index (χ4n) is 1.82. The molecule has 5 heteroatoms. The Hall–Kier alpha value is -2.69. The maximum absolute atomic E-state index is 11.7. The number of hydrazone groups is 1. The van der Waals surface area contributed by atoms with Crippen LogP contribution in [0.25, 0.3) is 0 Å². The molecule has 0 radical (unpaired) electrons. The van der Waals surface area contributed by atoms with Crippen LogP contribution < -0.4 is 10.2 Å². The van der Waals surface area contributed by atoms with Crippen LogP contribution in [0.15, 0.2) is 47.7 Å². The maximum Gasteiger partial charge on any atom is 0.277 e. The summed E-state index contributed by atoms with van der Waals surface area (Å²) in [6.07, 6.45) is 3.14. The van der Waals surface area contributed by atoms with E-state index in [0.29, 0.717) is 5.69 Å². The van der Waals surface area contributed by atoms with E-state index in [2.05, 4.69) is 15.5 Å². The molecule has 0 aliphatic rings. The number of para-hydroxylation sites is 1.